The summed E-state index contributed by atoms with van der Waals surface area (Å²) in [4.78, 5) is 18.7. The number of halogens is 1. The molecule has 0 spiro atoms. The molecule has 22 heavy (non-hydrogen) atoms. The van der Waals surface area contributed by atoms with Crippen molar-refractivity contribution in [3.63, 3.8) is 0 Å². The van der Waals surface area contributed by atoms with Gasteiger partial charge in [-0.05, 0) is 18.6 Å². The minimum Gasteiger partial charge on any atom is -0.334 e. The molecule has 6 heteroatoms. The summed E-state index contributed by atoms with van der Waals surface area (Å²) >= 11 is 1.41. The highest BCUT2D eigenvalue weighted by Crippen LogP contribution is 2.18. The van der Waals surface area contributed by atoms with E-state index in [1.807, 2.05) is 4.90 Å². The number of piperazine rings is 1. The summed E-state index contributed by atoms with van der Waals surface area (Å²) in [5.41, 5.74) is 1.07. The molecule has 1 amide bonds. The maximum Gasteiger partial charge on any atom is 0.273 e. The van der Waals surface area contributed by atoms with Crippen LogP contribution in [0.2, 0.25) is 0 Å². The molecule has 1 aliphatic heterocycles. The van der Waals surface area contributed by atoms with Crippen LogP contribution < -0.4 is 5.32 Å². The van der Waals surface area contributed by atoms with Gasteiger partial charge in [0.15, 0.2) is 0 Å². The van der Waals surface area contributed by atoms with Gasteiger partial charge in [0, 0.05) is 37.5 Å². The molecule has 1 aromatic heterocycles. The smallest absolute Gasteiger partial charge is 0.273 e. The van der Waals surface area contributed by atoms with Crippen LogP contribution in [0.4, 0.5) is 4.39 Å². The maximum absolute atomic E-state index is 13.7. The lowest BCUT2D eigenvalue weighted by Gasteiger charge is -2.31. The number of hydrogen-bond acceptors (Lipinski definition) is 4. The maximum atomic E-state index is 13.7. The van der Waals surface area contributed by atoms with E-state index in [4.69, 9.17) is 0 Å². The Kier molecular flexibility index (Phi) is 4.49. The Balaban J connectivity index is 1.71. The lowest BCUT2D eigenvalue weighted by Crippen LogP contribution is -2.51. The van der Waals surface area contributed by atoms with Crippen LogP contribution in [0.1, 0.15) is 28.0 Å². The number of aromatic nitrogens is 1. The number of hydrogen-bond donors (Lipinski definition) is 1. The zero-order valence-corrected chi connectivity index (χ0v) is 13.2. The molecule has 0 radical (unpaired) electrons. The van der Waals surface area contributed by atoms with E-state index in [1.54, 1.807) is 23.6 Å². The summed E-state index contributed by atoms with van der Waals surface area (Å²) in [5.74, 6) is -0.272. The molecule has 2 aromatic rings. The lowest BCUT2D eigenvalue weighted by molar-refractivity contribution is 0.0704. The van der Waals surface area contributed by atoms with Gasteiger partial charge in [-0.3, -0.25) is 4.79 Å². The van der Waals surface area contributed by atoms with E-state index in [0.717, 1.165) is 11.6 Å². The van der Waals surface area contributed by atoms with Crippen molar-refractivity contribution >= 4 is 17.2 Å². The van der Waals surface area contributed by atoms with Gasteiger partial charge in [-0.15, -0.1) is 11.3 Å². The van der Waals surface area contributed by atoms with Gasteiger partial charge in [-0.2, -0.15) is 0 Å². The van der Waals surface area contributed by atoms with Crippen molar-refractivity contribution in [2.24, 2.45) is 0 Å². The second-order valence-electron chi connectivity index (χ2n) is 5.50. The van der Waals surface area contributed by atoms with E-state index >= 15 is 0 Å². The first-order chi connectivity index (χ1) is 10.6. The molecular formula is C16H18FN3OS. The Morgan fingerprint density at radius 2 is 2.32 bits per heavy atom. The van der Waals surface area contributed by atoms with Crippen LogP contribution in [-0.4, -0.2) is 41.5 Å². The third kappa shape index (κ3) is 3.34. The Hall–Kier alpha value is -1.79. The highest BCUT2D eigenvalue weighted by molar-refractivity contribution is 7.09. The SMILES string of the molecule is C[C@H]1CN(C(=O)c2csc(Cc3ccccc3F)n2)CCN1. The van der Waals surface area contributed by atoms with Crippen LogP contribution in [-0.2, 0) is 6.42 Å². The highest BCUT2D eigenvalue weighted by atomic mass is 32.1. The molecule has 2 heterocycles. The van der Waals surface area contributed by atoms with Crippen molar-refractivity contribution in [1.82, 2.24) is 15.2 Å². The molecule has 1 atom stereocenters. The van der Waals surface area contributed by atoms with Crippen molar-refractivity contribution in [2.75, 3.05) is 19.6 Å². The van der Waals surface area contributed by atoms with Crippen LogP contribution in [0, 0.1) is 5.82 Å². The van der Waals surface area contributed by atoms with Gasteiger partial charge < -0.3 is 10.2 Å². The highest BCUT2D eigenvalue weighted by Gasteiger charge is 2.23. The van der Waals surface area contributed by atoms with Crippen LogP contribution >= 0.6 is 11.3 Å². The molecule has 3 rings (SSSR count). The van der Waals surface area contributed by atoms with Crippen LogP contribution in [0.15, 0.2) is 29.6 Å². The van der Waals surface area contributed by atoms with E-state index in [2.05, 4.69) is 17.2 Å². The normalized spacial score (nSPS) is 18.5. The van der Waals surface area contributed by atoms with E-state index in [-0.39, 0.29) is 11.7 Å². The first kappa shape index (κ1) is 15.1. The zero-order chi connectivity index (χ0) is 15.5. The van der Waals surface area contributed by atoms with E-state index in [9.17, 15) is 9.18 Å². The molecule has 1 fully saturated rings. The van der Waals surface area contributed by atoms with Crippen molar-refractivity contribution in [3.8, 4) is 0 Å². The molecule has 1 aromatic carbocycles. The fraction of sp³-hybridized carbons (Fsp3) is 0.375. The topological polar surface area (TPSA) is 45.2 Å². The standard InChI is InChI=1S/C16H18FN3OS/c1-11-9-20(7-6-18-11)16(21)14-10-22-15(19-14)8-12-4-2-3-5-13(12)17/h2-5,10-11,18H,6-9H2,1H3/t11-/m0/s1. The number of nitrogens with zero attached hydrogens (tertiary/aromatic N) is 2. The van der Waals surface area contributed by atoms with Crippen molar-refractivity contribution < 1.29 is 9.18 Å². The van der Waals surface area contributed by atoms with Gasteiger partial charge in [0.05, 0.1) is 5.01 Å². The monoisotopic (exact) mass is 319 g/mol. The number of rotatable bonds is 3. The van der Waals surface area contributed by atoms with Gasteiger partial charge >= 0.3 is 0 Å². The number of amides is 1. The third-order valence-electron chi connectivity index (χ3n) is 3.73. The minimum atomic E-state index is -0.235. The van der Waals surface area contributed by atoms with Crippen molar-refractivity contribution in [2.45, 2.75) is 19.4 Å². The molecule has 0 bridgehead atoms. The van der Waals surface area contributed by atoms with Gasteiger partial charge in [0.2, 0.25) is 0 Å². The Bertz CT molecular complexity index is 673. The summed E-state index contributed by atoms with van der Waals surface area (Å²) < 4.78 is 13.7. The molecule has 116 valence electrons. The molecule has 4 nitrogen and oxygen atoms in total. The largest absolute Gasteiger partial charge is 0.334 e. The molecule has 0 aliphatic carbocycles. The number of carbonyl (C=O) groups excluding carboxylic acids is 1. The molecule has 1 aliphatic rings. The summed E-state index contributed by atoms with van der Waals surface area (Å²) in [5, 5.41) is 5.84. The zero-order valence-electron chi connectivity index (χ0n) is 12.4. The summed E-state index contributed by atoms with van der Waals surface area (Å²) in [7, 11) is 0. The molecular weight excluding hydrogens is 301 g/mol. The Labute approximate surface area is 133 Å². The van der Waals surface area contributed by atoms with E-state index in [1.165, 1.54) is 17.4 Å². The predicted molar refractivity (Wildman–Crippen MR) is 84.7 cm³/mol. The van der Waals surface area contributed by atoms with Crippen LogP contribution in [0.25, 0.3) is 0 Å². The number of carbonyl (C=O) groups is 1. The molecule has 0 saturated carbocycles. The average molecular weight is 319 g/mol. The van der Waals surface area contributed by atoms with Gasteiger partial charge in [-0.25, -0.2) is 9.37 Å². The van der Waals surface area contributed by atoms with Gasteiger partial charge in [0.25, 0.3) is 5.91 Å². The van der Waals surface area contributed by atoms with E-state index in [0.29, 0.717) is 36.8 Å². The minimum absolute atomic E-state index is 0.0376. The first-order valence-electron chi connectivity index (χ1n) is 7.34. The van der Waals surface area contributed by atoms with Crippen molar-refractivity contribution in [1.29, 1.82) is 0 Å². The second-order valence-corrected chi connectivity index (χ2v) is 6.44. The Morgan fingerprint density at radius 3 is 3.09 bits per heavy atom. The third-order valence-corrected chi connectivity index (χ3v) is 4.58. The number of nitrogens with one attached hydrogen (secondary N) is 1. The van der Waals surface area contributed by atoms with Crippen molar-refractivity contribution in [3.05, 3.63) is 51.7 Å². The fourth-order valence-electron chi connectivity index (χ4n) is 2.57. The van der Waals surface area contributed by atoms with Gasteiger partial charge in [-0.1, -0.05) is 18.2 Å². The Morgan fingerprint density at radius 1 is 1.50 bits per heavy atom. The average Bonchev–Trinajstić information content (AvgIpc) is 2.97. The number of thiazole rings is 1. The summed E-state index contributed by atoms with van der Waals surface area (Å²) in [6, 6.07) is 6.96. The second kappa shape index (κ2) is 6.54. The molecule has 1 N–H and O–H groups in total. The summed E-state index contributed by atoms with van der Waals surface area (Å²) in [6.45, 7) is 4.26. The molecule has 1 saturated heterocycles. The van der Waals surface area contributed by atoms with E-state index < -0.39 is 0 Å². The molecule has 0 unspecified atom stereocenters. The summed E-state index contributed by atoms with van der Waals surface area (Å²) in [6.07, 6.45) is 0.419. The fourth-order valence-corrected chi connectivity index (χ4v) is 3.36. The van der Waals surface area contributed by atoms with Crippen LogP contribution in [0.5, 0.6) is 0 Å². The predicted octanol–water partition coefficient (Wildman–Crippen LogP) is 2.31. The van der Waals surface area contributed by atoms with Gasteiger partial charge in [0.1, 0.15) is 11.5 Å². The quantitative estimate of drug-likeness (QED) is 0.944. The first-order valence-corrected chi connectivity index (χ1v) is 8.22. The lowest BCUT2D eigenvalue weighted by atomic mass is 10.1. The van der Waals surface area contributed by atoms with Crippen LogP contribution in [0.3, 0.4) is 0 Å². The number of benzene rings is 1.